The SMILES string of the molecule is Cc1cc(NC(=O)Oc2nc(C)sc2Nc2cccc(S(N)(=O)=O)c2)ccn1. The number of primary sulfonamides is 1. The van der Waals surface area contributed by atoms with Crippen LogP contribution in [0.4, 0.5) is 21.2 Å². The van der Waals surface area contributed by atoms with Gasteiger partial charge in [-0.1, -0.05) is 17.4 Å². The van der Waals surface area contributed by atoms with E-state index in [0.717, 1.165) is 5.69 Å². The Morgan fingerprint density at radius 1 is 1.18 bits per heavy atom. The lowest BCUT2D eigenvalue weighted by Crippen LogP contribution is -2.17. The highest BCUT2D eigenvalue weighted by Crippen LogP contribution is 2.34. The molecular weight excluding hydrogens is 402 g/mol. The summed E-state index contributed by atoms with van der Waals surface area (Å²) < 4.78 is 28.3. The first-order valence-electron chi connectivity index (χ1n) is 7.99. The fourth-order valence-electron chi connectivity index (χ4n) is 2.29. The fourth-order valence-corrected chi connectivity index (χ4v) is 3.62. The number of hydrogen-bond donors (Lipinski definition) is 3. The molecule has 3 rings (SSSR count). The molecule has 0 radical (unpaired) electrons. The Morgan fingerprint density at radius 2 is 1.96 bits per heavy atom. The van der Waals surface area contributed by atoms with Gasteiger partial charge in [-0.2, -0.15) is 0 Å². The summed E-state index contributed by atoms with van der Waals surface area (Å²) in [5, 5.41) is 11.9. The zero-order chi connectivity index (χ0) is 20.3. The number of nitrogens with two attached hydrogens (primary N) is 1. The van der Waals surface area contributed by atoms with Crippen molar-refractivity contribution in [2.45, 2.75) is 18.7 Å². The molecule has 1 amide bonds. The Balaban J connectivity index is 1.77. The molecule has 0 spiro atoms. The van der Waals surface area contributed by atoms with Crippen molar-refractivity contribution in [3.8, 4) is 5.88 Å². The van der Waals surface area contributed by atoms with Crippen molar-refractivity contribution in [1.82, 2.24) is 9.97 Å². The number of amides is 1. The summed E-state index contributed by atoms with van der Waals surface area (Å²) >= 11 is 1.26. The topological polar surface area (TPSA) is 136 Å². The van der Waals surface area contributed by atoms with Gasteiger partial charge in [0, 0.05) is 23.3 Å². The fraction of sp³-hybridized carbons (Fsp3) is 0.118. The maximum absolute atomic E-state index is 12.2. The monoisotopic (exact) mass is 419 g/mol. The number of pyridine rings is 1. The third-order valence-corrected chi connectivity index (χ3v) is 5.23. The summed E-state index contributed by atoms with van der Waals surface area (Å²) in [6.07, 6.45) is 0.862. The smallest absolute Gasteiger partial charge is 0.388 e. The molecule has 28 heavy (non-hydrogen) atoms. The predicted octanol–water partition coefficient (Wildman–Crippen LogP) is 3.16. The van der Waals surface area contributed by atoms with E-state index in [4.69, 9.17) is 9.88 Å². The number of nitrogens with one attached hydrogen (secondary N) is 2. The molecule has 0 saturated carbocycles. The van der Waals surface area contributed by atoms with Crippen LogP contribution < -0.4 is 20.5 Å². The first-order valence-corrected chi connectivity index (χ1v) is 10.4. The van der Waals surface area contributed by atoms with Crippen LogP contribution in [-0.2, 0) is 10.0 Å². The predicted molar refractivity (Wildman–Crippen MR) is 107 cm³/mol. The third-order valence-electron chi connectivity index (χ3n) is 3.46. The van der Waals surface area contributed by atoms with Crippen LogP contribution >= 0.6 is 11.3 Å². The summed E-state index contributed by atoms with van der Waals surface area (Å²) in [5.74, 6) is 0.0757. The molecule has 0 atom stereocenters. The van der Waals surface area contributed by atoms with Crippen LogP contribution in [0.1, 0.15) is 10.7 Å². The largest absolute Gasteiger partial charge is 0.418 e. The van der Waals surface area contributed by atoms with E-state index in [1.807, 2.05) is 0 Å². The van der Waals surface area contributed by atoms with Crippen molar-refractivity contribution in [2.24, 2.45) is 5.14 Å². The van der Waals surface area contributed by atoms with Crippen molar-refractivity contribution in [3.05, 3.63) is 53.3 Å². The molecule has 2 aromatic heterocycles. The minimum Gasteiger partial charge on any atom is -0.388 e. The lowest BCUT2D eigenvalue weighted by atomic mass is 10.3. The Labute approximate surface area is 165 Å². The number of carbonyl (C=O) groups excluding carboxylic acids is 1. The Bertz CT molecular complexity index is 1130. The van der Waals surface area contributed by atoms with Gasteiger partial charge in [-0.3, -0.25) is 10.3 Å². The molecule has 3 aromatic rings. The van der Waals surface area contributed by atoms with Crippen molar-refractivity contribution >= 4 is 43.8 Å². The first kappa shape index (κ1) is 19.7. The van der Waals surface area contributed by atoms with Crippen LogP contribution in [0.2, 0.25) is 0 Å². The Morgan fingerprint density at radius 3 is 2.68 bits per heavy atom. The maximum Gasteiger partial charge on any atom is 0.418 e. The molecule has 0 fully saturated rings. The van der Waals surface area contributed by atoms with Gasteiger partial charge in [0.2, 0.25) is 10.0 Å². The molecule has 0 unspecified atom stereocenters. The lowest BCUT2D eigenvalue weighted by molar-refractivity contribution is 0.214. The number of carbonyl (C=O) groups is 1. The van der Waals surface area contributed by atoms with E-state index in [0.29, 0.717) is 21.4 Å². The molecule has 0 bridgehead atoms. The van der Waals surface area contributed by atoms with Crippen LogP contribution in [-0.4, -0.2) is 24.5 Å². The van der Waals surface area contributed by atoms with Crippen LogP contribution in [0, 0.1) is 13.8 Å². The summed E-state index contributed by atoms with van der Waals surface area (Å²) in [4.78, 5) is 20.4. The minimum atomic E-state index is -3.83. The van der Waals surface area contributed by atoms with Gasteiger partial charge in [0.05, 0.1) is 9.90 Å². The number of aromatic nitrogens is 2. The van der Waals surface area contributed by atoms with Crippen LogP contribution in [0.15, 0.2) is 47.5 Å². The van der Waals surface area contributed by atoms with Crippen molar-refractivity contribution < 1.29 is 17.9 Å². The van der Waals surface area contributed by atoms with Crippen LogP contribution in [0.25, 0.3) is 0 Å². The normalized spacial score (nSPS) is 11.1. The van der Waals surface area contributed by atoms with E-state index >= 15 is 0 Å². The number of nitrogens with zero attached hydrogens (tertiary/aromatic N) is 2. The van der Waals surface area contributed by atoms with Gasteiger partial charge in [-0.05, 0) is 44.2 Å². The number of ether oxygens (including phenoxy) is 1. The lowest BCUT2D eigenvalue weighted by Gasteiger charge is -2.09. The number of anilines is 3. The molecule has 4 N–H and O–H groups in total. The highest BCUT2D eigenvalue weighted by molar-refractivity contribution is 7.89. The Hall–Kier alpha value is -3.02. The highest BCUT2D eigenvalue weighted by Gasteiger charge is 2.16. The van der Waals surface area contributed by atoms with Gasteiger partial charge in [0.1, 0.15) is 0 Å². The van der Waals surface area contributed by atoms with Gasteiger partial charge in [0.15, 0.2) is 5.00 Å². The summed E-state index contributed by atoms with van der Waals surface area (Å²) in [6.45, 7) is 3.56. The van der Waals surface area contributed by atoms with E-state index in [2.05, 4.69) is 20.6 Å². The molecule has 11 heteroatoms. The number of thiazole rings is 1. The van der Waals surface area contributed by atoms with Gasteiger partial charge in [0.25, 0.3) is 5.88 Å². The van der Waals surface area contributed by atoms with E-state index in [1.54, 1.807) is 44.3 Å². The van der Waals surface area contributed by atoms with Crippen molar-refractivity contribution in [3.63, 3.8) is 0 Å². The van der Waals surface area contributed by atoms with E-state index in [-0.39, 0.29) is 10.8 Å². The molecule has 1 aromatic carbocycles. The molecule has 0 aliphatic heterocycles. The standard InChI is InChI=1S/C17H17N5O4S2/c1-10-8-13(6-7-19-10)22-17(23)26-15-16(27-11(2)20-15)21-12-4-3-5-14(9-12)28(18,24)25/h3-9,21H,1-2H3,(H2,18,24,25)(H,19,22,23). The van der Waals surface area contributed by atoms with Crippen molar-refractivity contribution in [2.75, 3.05) is 10.6 Å². The van der Waals surface area contributed by atoms with Gasteiger partial charge in [-0.25, -0.2) is 23.3 Å². The summed E-state index contributed by atoms with van der Waals surface area (Å²) in [5.41, 5.74) is 1.75. The number of hydrogen-bond acceptors (Lipinski definition) is 8. The van der Waals surface area contributed by atoms with E-state index < -0.39 is 16.1 Å². The number of benzene rings is 1. The first-order chi connectivity index (χ1) is 13.2. The van der Waals surface area contributed by atoms with Crippen LogP contribution in [0.3, 0.4) is 0 Å². The zero-order valence-corrected chi connectivity index (χ0v) is 16.6. The summed E-state index contributed by atoms with van der Waals surface area (Å²) in [7, 11) is -3.83. The van der Waals surface area contributed by atoms with Gasteiger partial charge in [-0.15, -0.1) is 0 Å². The second-order valence-electron chi connectivity index (χ2n) is 5.77. The molecule has 9 nitrogen and oxygen atoms in total. The second-order valence-corrected chi connectivity index (χ2v) is 8.53. The molecule has 146 valence electrons. The number of rotatable bonds is 5. The Kier molecular flexibility index (Phi) is 5.58. The maximum atomic E-state index is 12.2. The molecule has 0 aliphatic carbocycles. The van der Waals surface area contributed by atoms with Crippen molar-refractivity contribution in [1.29, 1.82) is 0 Å². The average Bonchev–Trinajstić information content (AvgIpc) is 2.93. The zero-order valence-electron chi connectivity index (χ0n) is 15.0. The van der Waals surface area contributed by atoms with E-state index in [9.17, 15) is 13.2 Å². The number of aryl methyl sites for hydroxylation is 2. The van der Waals surface area contributed by atoms with Gasteiger partial charge < -0.3 is 10.1 Å². The molecule has 0 aliphatic rings. The quantitative estimate of drug-likeness (QED) is 0.578. The minimum absolute atomic E-state index is 0.0352. The third kappa shape index (κ3) is 5.03. The number of sulfonamides is 1. The average molecular weight is 419 g/mol. The van der Waals surface area contributed by atoms with E-state index in [1.165, 1.54) is 23.5 Å². The molecule has 0 saturated heterocycles. The van der Waals surface area contributed by atoms with Crippen LogP contribution in [0.5, 0.6) is 5.88 Å². The highest BCUT2D eigenvalue weighted by atomic mass is 32.2. The summed E-state index contributed by atoms with van der Waals surface area (Å²) in [6, 6.07) is 9.32. The van der Waals surface area contributed by atoms with Gasteiger partial charge >= 0.3 is 6.09 Å². The molecule has 2 heterocycles. The molecular formula is C17H17N5O4S2. The second kappa shape index (κ2) is 7.92.